The Balaban J connectivity index is 0. The predicted molar refractivity (Wildman–Crippen MR) is 47.0 cm³/mol. The first kappa shape index (κ1) is 13.8. The largest absolute Gasteiger partial charge is 0.503 e. The van der Waals surface area contributed by atoms with E-state index in [0.29, 0.717) is 0 Å². The molecule has 0 amide bonds. The molecule has 0 aliphatic carbocycles. The van der Waals surface area contributed by atoms with Crippen molar-refractivity contribution in [3.8, 4) is 0 Å². The van der Waals surface area contributed by atoms with Gasteiger partial charge in [0.1, 0.15) is 0 Å². The Morgan fingerprint density at radius 1 is 1.33 bits per heavy atom. The van der Waals surface area contributed by atoms with Crippen LogP contribution in [0.25, 0.3) is 0 Å². The van der Waals surface area contributed by atoms with E-state index in [9.17, 15) is 0 Å². The smallest absolute Gasteiger partial charge is 0.450 e. The highest BCUT2D eigenvalue weighted by Gasteiger charge is 1.90. The van der Waals surface area contributed by atoms with Gasteiger partial charge in [-0.25, -0.2) is 4.79 Å². The molecule has 0 saturated heterocycles. The van der Waals surface area contributed by atoms with Gasteiger partial charge in [0.05, 0.1) is 6.17 Å². The minimum atomic E-state index is -1.83. The van der Waals surface area contributed by atoms with Gasteiger partial charge in [0.15, 0.2) is 0 Å². The Labute approximate surface area is 72.4 Å². The molecule has 0 saturated carbocycles. The van der Waals surface area contributed by atoms with Crippen LogP contribution in [-0.4, -0.2) is 22.5 Å². The van der Waals surface area contributed by atoms with Crippen LogP contribution >= 0.6 is 0 Å². The second kappa shape index (κ2) is 10.2. The number of hydrogen-bond donors (Lipinski definition) is 4. The van der Waals surface area contributed by atoms with Gasteiger partial charge >= 0.3 is 6.16 Å². The third-order valence-electron chi connectivity index (χ3n) is 1.14. The number of hydrogen-bond acceptors (Lipinski definition) is 3. The van der Waals surface area contributed by atoms with Crippen molar-refractivity contribution in [3.05, 3.63) is 0 Å². The van der Waals surface area contributed by atoms with E-state index in [1.54, 1.807) is 0 Å². The molecule has 5 nitrogen and oxygen atoms in total. The van der Waals surface area contributed by atoms with E-state index < -0.39 is 6.16 Å². The fourth-order valence-corrected chi connectivity index (χ4v) is 0.630. The van der Waals surface area contributed by atoms with Gasteiger partial charge in [0.2, 0.25) is 0 Å². The Kier molecular flexibility index (Phi) is 11.7. The van der Waals surface area contributed by atoms with Crippen molar-refractivity contribution < 1.29 is 15.0 Å². The quantitative estimate of drug-likeness (QED) is 0.379. The zero-order valence-corrected chi connectivity index (χ0v) is 7.36. The number of nitrogens with two attached hydrogens (primary N) is 2. The first-order valence-electron chi connectivity index (χ1n) is 3.93. The topological polar surface area (TPSA) is 110 Å². The van der Waals surface area contributed by atoms with Crippen molar-refractivity contribution in [3.63, 3.8) is 0 Å². The van der Waals surface area contributed by atoms with Gasteiger partial charge in [0.25, 0.3) is 0 Å². The molecular formula is C7H18N2O3. The average Bonchev–Trinajstić information content (AvgIpc) is 1.86. The molecule has 0 aliphatic rings. The maximum atomic E-state index is 8.56. The van der Waals surface area contributed by atoms with E-state index >= 15 is 0 Å². The van der Waals surface area contributed by atoms with Crippen LogP contribution in [0.15, 0.2) is 0 Å². The Morgan fingerprint density at radius 2 is 1.75 bits per heavy atom. The molecule has 0 radical (unpaired) electrons. The first-order valence-corrected chi connectivity index (χ1v) is 3.93. The monoisotopic (exact) mass is 178 g/mol. The summed E-state index contributed by atoms with van der Waals surface area (Å²) < 4.78 is 0. The van der Waals surface area contributed by atoms with Crippen LogP contribution in [0.1, 0.15) is 32.6 Å². The standard InChI is InChI=1S/C6H16N2.CH2O3/c1-2-3-4-5-6(7)8;2-1(3)4/h6H,2-5,7-8H2,1H3;(H2,2,3,4). The van der Waals surface area contributed by atoms with Crippen molar-refractivity contribution in [2.75, 3.05) is 0 Å². The highest BCUT2D eigenvalue weighted by molar-refractivity contribution is 5.53. The van der Waals surface area contributed by atoms with Gasteiger partial charge in [-0.2, -0.15) is 0 Å². The van der Waals surface area contributed by atoms with Crippen LogP contribution in [0.2, 0.25) is 0 Å². The lowest BCUT2D eigenvalue weighted by molar-refractivity contribution is 0.137. The highest BCUT2D eigenvalue weighted by Crippen LogP contribution is 1.97. The fourth-order valence-electron chi connectivity index (χ4n) is 0.630. The molecule has 0 unspecified atom stereocenters. The van der Waals surface area contributed by atoms with Crippen LogP contribution in [0.4, 0.5) is 4.79 Å². The van der Waals surface area contributed by atoms with E-state index in [-0.39, 0.29) is 6.17 Å². The van der Waals surface area contributed by atoms with Crippen LogP contribution in [-0.2, 0) is 0 Å². The lowest BCUT2D eigenvalue weighted by Crippen LogP contribution is -2.29. The van der Waals surface area contributed by atoms with Crippen molar-refractivity contribution in [2.45, 2.75) is 38.8 Å². The van der Waals surface area contributed by atoms with Gasteiger partial charge in [-0.1, -0.05) is 26.2 Å². The molecule has 0 aromatic carbocycles. The van der Waals surface area contributed by atoms with Gasteiger partial charge in [-0.3, -0.25) is 0 Å². The summed E-state index contributed by atoms with van der Waals surface area (Å²) in [6.45, 7) is 2.17. The average molecular weight is 178 g/mol. The fraction of sp³-hybridized carbons (Fsp3) is 0.857. The molecule has 0 rings (SSSR count). The lowest BCUT2D eigenvalue weighted by Gasteiger charge is -2.01. The summed E-state index contributed by atoms with van der Waals surface area (Å²) >= 11 is 0. The summed E-state index contributed by atoms with van der Waals surface area (Å²) in [5.74, 6) is 0. The zero-order valence-electron chi connectivity index (χ0n) is 7.36. The normalized spacial score (nSPS) is 9.00. The summed E-state index contributed by atoms with van der Waals surface area (Å²) in [5, 5.41) is 13.9. The third-order valence-corrected chi connectivity index (χ3v) is 1.14. The van der Waals surface area contributed by atoms with Crippen LogP contribution in [0.5, 0.6) is 0 Å². The maximum absolute atomic E-state index is 8.56. The lowest BCUT2D eigenvalue weighted by atomic mass is 10.2. The minimum absolute atomic E-state index is 0.0958. The van der Waals surface area contributed by atoms with E-state index in [0.717, 1.165) is 6.42 Å². The zero-order chi connectivity index (χ0) is 9.98. The second-order valence-corrected chi connectivity index (χ2v) is 2.44. The highest BCUT2D eigenvalue weighted by atomic mass is 16.6. The molecule has 0 heterocycles. The number of unbranched alkanes of at least 4 members (excludes halogenated alkanes) is 2. The minimum Gasteiger partial charge on any atom is -0.450 e. The van der Waals surface area contributed by atoms with Crippen LogP contribution in [0, 0.1) is 0 Å². The summed E-state index contributed by atoms with van der Waals surface area (Å²) in [6, 6.07) is 0. The van der Waals surface area contributed by atoms with Gasteiger partial charge in [0, 0.05) is 0 Å². The third kappa shape index (κ3) is 35.1. The SMILES string of the molecule is CCCCCC(N)N.O=C(O)O. The molecule has 74 valence electrons. The van der Waals surface area contributed by atoms with Crippen molar-refractivity contribution in [2.24, 2.45) is 11.5 Å². The molecule has 5 heteroatoms. The second-order valence-electron chi connectivity index (χ2n) is 2.44. The van der Waals surface area contributed by atoms with Crippen molar-refractivity contribution in [1.82, 2.24) is 0 Å². The summed E-state index contributed by atoms with van der Waals surface area (Å²) in [6.07, 6.45) is 2.71. The van der Waals surface area contributed by atoms with E-state index in [2.05, 4.69) is 6.92 Å². The number of carbonyl (C=O) groups is 1. The molecular weight excluding hydrogens is 160 g/mol. The number of rotatable bonds is 4. The van der Waals surface area contributed by atoms with Gasteiger partial charge in [-0.05, 0) is 6.42 Å². The molecule has 6 N–H and O–H groups in total. The molecule has 0 spiro atoms. The Bertz CT molecular complexity index is 103. The number of carboxylic acid groups (broad SMARTS) is 2. The molecule has 0 bridgehead atoms. The molecule has 0 atom stereocenters. The molecule has 12 heavy (non-hydrogen) atoms. The van der Waals surface area contributed by atoms with Crippen molar-refractivity contribution in [1.29, 1.82) is 0 Å². The van der Waals surface area contributed by atoms with Crippen LogP contribution in [0.3, 0.4) is 0 Å². The van der Waals surface area contributed by atoms with E-state index in [1.165, 1.54) is 19.3 Å². The van der Waals surface area contributed by atoms with E-state index in [4.69, 9.17) is 26.5 Å². The summed E-state index contributed by atoms with van der Waals surface area (Å²) in [5.41, 5.74) is 10.6. The summed E-state index contributed by atoms with van der Waals surface area (Å²) in [4.78, 5) is 8.56. The van der Waals surface area contributed by atoms with Crippen molar-refractivity contribution >= 4 is 6.16 Å². The maximum Gasteiger partial charge on any atom is 0.503 e. The first-order chi connectivity index (χ1) is 5.50. The predicted octanol–water partition coefficient (Wildman–Crippen LogP) is 1.03. The molecule has 0 aromatic rings. The summed E-state index contributed by atoms with van der Waals surface area (Å²) in [7, 11) is 0. The Morgan fingerprint density at radius 3 is 2.00 bits per heavy atom. The van der Waals surface area contributed by atoms with E-state index in [1.807, 2.05) is 0 Å². The van der Waals surface area contributed by atoms with Gasteiger partial charge in [-0.15, -0.1) is 0 Å². The van der Waals surface area contributed by atoms with Crippen LogP contribution < -0.4 is 11.5 Å². The molecule has 0 aromatic heterocycles. The molecule has 0 fully saturated rings. The molecule has 0 aliphatic heterocycles. The Hall–Kier alpha value is -0.810. The van der Waals surface area contributed by atoms with Gasteiger partial charge < -0.3 is 21.7 Å².